The zero-order chi connectivity index (χ0) is 13.9. The first-order valence-electron chi connectivity index (χ1n) is 5.28. The van der Waals surface area contributed by atoms with Crippen LogP contribution in [0.5, 0.6) is 0 Å². The van der Waals surface area contributed by atoms with Crippen LogP contribution in [0, 0.1) is 0 Å². The van der Waals surface area contributed by atoms with E-state index in [9.17, 15) is 13.2 Å². The molecular formula is C10H16ClN3O3S. The molecule has 18 heavy (non-hydrogen) atoms. The van der Waals surface area contributed by atoms with Gasteiger partial charge < -0.3 is 9.88 Å². The summed E-state index contributed by atoms with van der Waals surface area (Å²) in [5.74, 6) is 0. The second kappa shape index (κ2) is 5.83. The first-order valence-corrected chi connectivity index (χ1v) is 7.14. The maximum absolute atomic E-state index is 11.9. The molecule has 0 spiro atoms. The summed E-state index contributed by atoms with van der Waals surface area (Å²) in [4.78, 5) is 15.1. The maximum atomic E-state index is 11.9. The average Bonchev–Trinajstić information content (AvgIpc) is 2.29. The van der Waals surface area contributed by atoms with Crippen LogP contribution in [0.4, 0.5) is 0 Å². The highest BCUT2D eigenvalue weighted by Gasteiger charge is 2.17. The quantitative estimate of drug-likeness (QED) is 0.816. The number of rotatable bonds is 5. The van der Waals surface area contributed by atoms with Gasteiger partial charge in [-0.05, 0) is 27.1 Å². The van der Waals surface area contributed by atoms with Crippen LogP contribution in [0.3, 0.4) is 0 Å². The van der Waals surface area contributed by atoms with Gasteiger partial charge in [-0.3, -0.25) is 4.79 Å². The molecule has 0 aliphatic rings. The van der Waals surface area contributed by atoms with Crippen molar-refractivity contribution in [1.29, 1.82) is 0 Å². The highest BCUT2D eigenvalue weighted by atomic mass is 35.5. The number of likely N-dealkylation sites (N-methyl/N-ethyl adjacent to an activating group) is 1. The minimum Gasteiger partial charge on any atom is -0.326 e. The molecule has 8 heteroatoms. The summed E-state index contributed by atoms with van der Waals surface area (Å²) in [7, 11) is 0.0546. The van der Waals surface area contributed by atoms with E-state index in [0.29, 0.717) is 0 Å². The summed E-state index contributed by atoms with van der Waals surface area (Å²) in [6.45, 7) is 2.16. The molecule has 0 bridgehead atoms. The van der Waals surface area contributed by atoms with Gasteiger partial charge in [0.05, 0.1) is 4.90 Å². The zero-order valence-electron chi connectivity index (χ0n) is 10.4. The van der Waals surface area contributed by atoms with Crippen LogP contribution in [-0.2, 0) is 10.0 Å². The zero-order valence-corrected chi connectivity index (χ0v) is 12.0. The molecular weight excluding hydrogens is 278 g/mol. The number of halogens is 1. The SMILES string of the molecule is CC(CNS(=O)(=O)c1c[nH]c(=O)c(Cl)c1)N(C)C. The van der Waals surface area contributed by atoms with Crippen LogP contribution in [0.2, 0.25) is 5.02 Å². The van der Waals surface area contributed by atoms with Gasteiger partial charge in [-0.15, -0.1) is 0 Å². The Labute approximate surface area is 111 Å². The van der Waals surface area contributed by atoms with Crippen molar-refractivity contribution in [2.75, 3.05) is 20.6 Å². The molecule has 1 aromatic rings. The summed E-state index contributed by atoms with van der Waals surface area (Å²) in [5.41, 5.74) is -0.516. The first kappa shape index (κ1) is 15.2. The normalized spacial score (nSPS) is 13.8. The van der Waals surface area contributed by atoms with Gasteiger partial charge in [-0.1, -0.05) is 11.6 Å². The number of hydrogen-bond acceptors (Lipinski definition) is 4. The van der Waals surface area contributed by atoms with Crippen molar-refractivity contribution in [2.24, 2.45) is 0 Å². The fraction of sp³-hybridized carbons (Fsp3) is 0.500. The predicted octanol–water partition coefficient (Wildman–Crippen LogP) is 0.257. The molecule has 1 atom stereocenters. The smallest absolute Gasteiger partial charge is 0.266 e. The molecule has 0 aliphatic carbocycles. The fourth-order valence-corrected chi connectivity index (χ4v) is 2.44. The molecule has 1 rings (SSSR count). The van der Waals surface area contributed by atoms with E-state index in [-0.39, 0.29) is 22.5 Å². The third-order valence-corrected chi connectivity index (χ3v) is 4.28. The molecule has 1 unspecified atom stereocenters. The standard InChI is InChI=1S/C10H16ClN3O3S/c1-7(14(2)3)5-13-18(16,17)8-4-9(11)10(15)12-6-8/h4,6-7,13H,5H2,1-3H3,(H,12,15). The molecule has 1 heterocycles. The average molecular weight is 294 g/mol. The largest absolute Gasteiger partial charge is 0.326 e. The van der Waals surface area contributed by atoms with Gasteiger partial charge in [0.2, 0.25) is 10.0 Å². The Morgan fingerprint density at radius 2 is 2.11 bits per heavy atom. The van der Waals surface area contributed by atoms with E-state index in [0.717, 1.165) is 12.3 Å². The highest BCUT2D eigenvalue weighted by molar-refractivity contribution is 7.89. The minimum atomic E-state index is -3.66. The van der Waals surface area contributed by atoms with E-state index in [1.165, 1.54) is 0 Å². The van der Waals surface area contributed by atoms with Crippen LogP contribution in [-0.4, -0.2) is 45.0 Å². The highest BCUT2D eigenvalue weighted by Crippen LogP contribution is 2.10. The Morgan fingerprint density at radius 3 is 2.61 bits per heavy atom. The molecule has 0 radical (unpaired) electrons. The Hall–Kier alpha value is -0.890. The molecule has 0 aromatic carbocycles. The molecule has 2 N–H and O–H groups in total. The summed E-state index contributed by atoms with van der Waals surface area (Å²) < 4.78 is 26.3. The van der Waals surface area contributed by atoms with Crippen LogP contribution in [0.25, 0.3) is 0 Å². The van der Waals surface area contributed by atoms with Crippen molar-refractivity contribution >= 4 is 21.6 Å². The van der Waals surface area contributed by atoms with Crippen LogP contribution in [0.1, 0.15) is 6.92 Å². The summed E-state index contributed by atoms with van der Waals surface area (Å²) in [5, 5.41) is -0.154. The molecule has 0 fully saturated rings. The van der Waals surface area contributed by atoms with Gasteiger partial charge >= 0.3 is 0 Å². The first-order chi connectivity index (χ1) is 8.24. The number of nitrogens with zero attached hydrogens (tertiary/aromatic N) is 1. The lowest BCUT2D eigenvalue weighted by Gasteiger charge is -2.19. The summed E-state index contributed by atoms with van der Waals surface area (Å²) >= 11 is 5.59. The second-order valence-electron chi connectivity index (χ2n) is 4.18. The molecule has 0 saturated carbocycles. The lowest BCUT2D eigenvalue weighted by atomic mass is 10.3. The lowest BCUT2D eigenvalue weighted by molar-refractivity contribution is 0.314. The van der Waals surface area contributed by atoms with Crippen molar-refractivity contribution < 1.29 is 8.42 Å². The molecule has 6 nitrogen and oxygen atoms in total. The van der Waals surface area contributed by atoms with Gasteiger partial charge in [0.1, 0.15) is 5.02 Å². The fourth-order valence-electron chi connectivity index (χ4n) is 1.09. The van der Waals surface area contributed by atoms with Crippen LogP contribution < -0.4 is 10.3 Å². The van der Waals surface area contributed by atoms with E-state index >= 15 is 0 Å². The number of sulfonamides is 1. The molecule has 102 valence electrons. The minimum absolute atomic E-state index is 0.0537. The van der Waals surface area contributed by atoms with Gasteiger partial charge in [0, 0.05) is 18.8 Å². The second-order valence-corrected chi connectivity index (χ2v) is 6.35. The van der Waals surface area contributed by atoms with Gasteiger partial charge in [0.15, 0.2) is 0 Å². The Bertz CT molecular complexity index is 568. The van der Waals surface area contributed by atoms with Gasteiger partial charge in [0.25, 0.3) is 5.56 Å². The number of aromatic nitrogens is 1. The third kappa shape index (κ3) is 3.81. The molecule has 1 aromatic heterocycles. The molecule has 0 saturated heterocycles. The van der Waals surface area contributed by atoms with Gasteiger partial charge in [-0.2, -0.15) is 0 Å². The monoisotopic (exact) mass is 293 g/mol. The van der Waals surface area contributed by atoms with Crippen LogP contribution >= 0.6 is 11.6 Å². The van der Waals surface area contributed by atoms with E-state index in [2.05, 4.69) is 9.71 Å². The van der Waals surface area contributed by atoms with Crippen molar-refractivity contribution in [3.05, 3.63) is 27.6 Å². The van der Waals surface area contributed by atoms with Crippen molar-refractivity contribution in [1.82, 2.24) is 14.6 Å². The molecule has 0 amide bonds. The van der Waals surface area contributed by atoms with E-state index in [4.69, 9.17) is 11.6 Å². The maximum Gasteiger partial charge on any atom is 0.266 e. The number of hydrogen-bond donors (Lipinski definition) is 2. The topological polar surface area (TPSA) is 82.3 Å². The number of nitrogens with one attached hydrogen (secondary N) is 2. The number of pyridine rings is 1. The Morgan fingerprint density at radius 1 is 1.50 bits per heavy atom. The van der Waals surface area contributed by atoms with E-state index in [1.54, 1.807) is 0 Å². The van der Waals surface area contributed by atoms with Crippen LogP contribution in [0.15, 0.2) is 22.0 Å². The van der Waals surface area contributed by atoms with Gasteiger partial charge in [-0.25, -0.2) is 13.1 Å². The predicted molar refractivity (Wildman–Crippen MR) is 70.4 cm³/mol. The third-order valence-electron chi connectivity index (χ3n) is 2.59. The lowest BCUT2D eigenvalue weighted by Crippen LogP contribution is -2.38. The van der Waals surface area contributed by atoms with Crippen molar-refractivity contribution in [3.63, 3.8) is 0 Å². The van der Waals surface area contributed by atoms with E-state index < -0.39 is 15.6 Å². The number of aromatic amines is 1. The van der Waals surface area contributed by atoms with E-state index in [1.807, 2.05) is 25.9 Å². The molecule has 0 aliphatic heterocycles. The number of H-pyrrole nitrogens is 1. The Balaban J connectivity index is 2.87. The Kier molecular flexibility index (Phi) is 4.92. The summed E-state index contributed by atoms with van der Waals surface area (Å²) in [6.07, 6.45) is 1.12. The summed E-state index contributed by atoms with van der Waals surface area (Å²) in [6, 6.07) is 1.18. The van der Waals surface area contributed by atoms with Crippen molar-refractivity contribution in [3.8, 4) is 0 Å². The van der Waals surface area contributed by atoms with Crippen molar-refractivity contribution in [2.45, 2.75) is 17.9 Å².